The van der Waals surface area contributed by atoms with Gasteiger partial charge in [-0.2, -0.15) is 5.10 Å². The molecule has 2 amide bonds. The summed E-state index contributed by atoms with van der Waals surface area (Å²) in [6.45, 7) is -0.258. The molecule has 3 N–H and O–H groups in total. The number of carbonyl (C=O) groups is 1. The molecule has 0 unspecified atom stereocenters. The van der Waals surface area contributed by atoms with Gasteiger partial charge in [-0.25, -0.2) is 26.5 Å². The van der Waals surface area contributed by atoms with Gasteiger partial charge in [0.05, 0.1) is 17.0 Å². The van der Waals surface area contributed by atoms with Crippen LogP contribution in [0, 0.1) is 11.6 Å². The molecule has 2 aromatic heterocycles. The minimum absolute atomic E-state index is 0.258. The van der Waals surface area contributed by atoms with E-state index in [0.29, 0.717) is 11.2 Å². The summed E-state index contributed by atoms with van der Waals surface area (Å²) in [7, 11) is -3.74. The van der Waals surface area contributed by atoms with Crippen LogP contribution in [0.15, 0.2) is 48.8 Å². The van der Waals surface area contributed by atoms with Gasteiger partial charge in [0, 0.05) is 18.9 Å². The summed E-state index contributed by atoms with van der Waals surface area (Å²) < 4.78 is 55.1. The molecular weight excluding hydrogens is 380 g/mol. The lowest BCUT2D eigenvalue weighted by Crippen LogP contribution is -2.34. The van der Waals surface area contributed by atoms with Crippen molar-refractivity contribution in [2.24, 2.45) is 0 Å². The zero-order valence-corrected chi connectivity index (χ0v) is 14.6. The molecule has 0 fully saturated rings. The Balaban J connectivity index is 1.53. The summed E-state index contributed by atoms with van der Waals surface area (Å²) in [5.74, 6) is -2.30. The average molecular weight is 395 g/mol. The van der Waals surface area contributed by atoms with Crippen LogP contribution in [0.3, 0.4) is 0 Å². The van der Waals surface area contributed by atoms with E-state index in [-0.39, 0.29) is 6.54 Å². The van der Waals surface area contributed by atoms with Gasteiger partial charge >= 0.3 is 6.03 Å². The Hall–Kier alpha value is -3.21. The second-order valence-corrected chi connectivity index (χ2v) is 7.36. The summed E-state index contributed by atoms with van der Waals surface area (Å²) >= 11 is 0. The van der Waals surface area contributed by atoms with Crippen molar-refractivity contribution in [3.63, 3.8) is 0 Å². The zero-order valence-electron chi connectivity index (χ0n) is 13.8. The van der Waals surface area contributed by atoms with E-state index in [1.807, 2.05) is 5.32 Å². The van der Waals surface area contributed by atoms with Gasteiger partial charge in [-0.05, 0) is 30.3 Å². The fraction of sp³-hybridized carbons (Fsp3) is 0.125. The number of urea groups is 1. The lowest BCUT2D eigenvalue weighted by molar-refractivity contribution is 0.252. The van der Waals surface area contributed by atoms with Gasteiger partial charge in [-0.3, -0.25) is 4.72 Å². The number of hydrogen-bond donors (Lipinski definition) is 3. The molecule has 2 heterocycles. The van der Waals surface area contributed by atoms with E-state index in [1.54, 1.807) is 35.1 Å². The third kappa shape index (κ3) is 4.70. The molecule has 0 atom stereocenters. The lowest BCUT2D eigenvalue weighted by atomic mass is 10.3. The number of hydrogen-bond acceptors (Lipinski definition) is 4. The molecule has 3 rings (SSSR count). The highest BCUT2D eigenvalue weighted by Crippen LogP contribution is 2.17. The van der Waals surface area contributed by atoms with Crippen LogP contribution in [0.4, 0.5) is 25.0 Å². The van der Waals surface area contributed by atoms with Crippen molar-refractivity contribution in [2.45, 2.75) is 0 Å². The van der Waals surface area contributed by atoms with Crippen LogP contribution < -0.4 is 15.4 Å². The number of carbonyl (C=O) groups excluding carboxylic acids is 1. The third-order valence-electron chi connectivity index (χ3n) is 3.53. The quantitative estimate of drug-likeness (QED) is 0.595. The van der Waals surface area contributed by atoms with Crippen molar-refractivity contribution < 1.29 is 22.0 Å². The Morgan fingerprint density at radius 2 is 1.89 bits per heavy atom. The van der Waals surface area contributed by atoms with E-state index in [1.165, 1.54) is 0 Å². The molecule has 3 aromatic rings. The van der Waals surface area contributed by atoms with Crippen LogP contribution in [0.5, 0.6) is 0 Å². The second-order valence-electron chi connectivity index (χ2n) is 5.51. The largest absolute Gasteiger partial charge is 0.337 e. The van der Waals surface area contributed by atoms with Gasteiger partial charge in [0.2, 0.25) is 10.0 Å². The van der Waals surface area contributed by atoms with Crippen LogP contribution in [0.25, 0.3) is 5.52 Å². The van der Waals surface area contributed by atoms with E-state index >= 15 is 0 Å². The van der Waals surface area contributed by atoms with E-state index in [2.05, 4.69) is 15.1 Å². The molecule has 0 saturated carbocycles. The van der Waals surface area contributed by atoms with E-state index in [4.69, 9.17) is 0 Å². The summed E-state index contributed by atoms with van der Waals surface area (Å²) in [5, 5.41) is 8.25. The summed E-state index contributed by atoms with van der Waals surface area (Å²) in [6, 6.07) is 7.08. The predicted molar refractivity (Wildman–Crippen MR) is 96.0 cm³/mol. The molecule has 11 heteroatoms. The molecule has 0 radical (unpaired) electrons. The van der Waals surface area contributed by atoms with Crippen molar-refractivity contribution in [1.82, 2.24) is 14.9 Å². The van der Waals surface area contributed by atoms with Crippen molar-refractivity contribution in [2.75, 3.05) is 22.3 Å². The van der Waals surface area contributed by atoms with Gasteiger partial charge in [-0.15, -0.1) is 0 Å². The number of benzene rings is 1. The van der Waals surface area contributed by atoms with Gasteiger partial charge in [-0.1, -0.05) is 6.07 Å². The number of rotatable bonds is 6. The summed E-state index contributed by atoms with van der Waals surface area (Å²) in [5.41, 5.74) is 0.450. The highest BCUT2D eigenvalue weighted by molar-refractivity contribution is 7.92. The smallest absolute Gasteiger partial charge is 0.319 e. The fourth-order valence-corrected chi connectivity index (χ4v) is 3.25. The molecule has 0 spiro atoms. The SMILES string of the molecule is O=C(NCCS(=O)(=O)Nc1ccn2nccc2c1)Nc1c(F)cccc1F. The number of nitrogens with one attached hydrogen (secondary N) is 3. The molecule has 0 saturated heterocycles. The maximum absolute atomic E-state index is 13.5. The number of nitrogens with zero attached hydrogens (tertiary/aromatic N) is 2. The maximum Gasteiger partial charge on any atom is 0.319 e. The Morgan fingerprint density at radius 3 is 2.63 bits per heavy atom. The minimum Gasteiger partial charge on any atom is -0.337 e. The highest BCUT2D eigenvalue weighted by Gasteiger charge is 2.14. The van der Waals surface area contributed by atoms with Gasteiger partial charge in [0.1, 0.15) is 17.3 Å². The van der Waals surface area contributed by atoms with Crippen LogP contribution in [0.2, 0.25) is 0 Å². The molecule has 0 bridgehead atoms. The van der Waals surface area contributed by atoms with Crippen molar-refractivity contribution in [1.29, 1.82) is 0 Å². The number of pyridine rings is 1. The number of halogens is 2. The lowest BCUT2D eigenvalue weighted by Gasteiger charge is -2.11. The molecule has 0 aliphatic carbocycles. The normalized spacial score (nSPS) is 11.3. The van der Waals surface area contributed by atoms with Crippen LogP contribution >= 0.6 is 0 Å². The first-order valence-electron chi connectivity index (χ1n) is 7.77. The topological polar surface area (TPSA) is 105 Å². The molecule has 0 aliphatic rings. The van der Waals surface area contributed by atoms with Crippen molar-refractivity contribution in [3.8, 4) is 0 Å². The first kappa shape index (κ1) is 18.6. The second kappa shape index (κ2) is 7.58. The number of sulfonamides is 1. The molecule has 27 heavy (non-hydrogen) atoms. The Bertz CT molecular complexity index is 1060. The Labute approximate surface area is 153 Å². The fourth-order valence-electron chi connectivity index (χ4n) is 2.29. The maximum atomic E-state index is 13.5. The van der Waals surface area contributed by atoms with Crippen LogP contribution in [-0.4, -0.2) is 36.4 Å². The first-order chi connectivity index (χ1) is 12.8. The van der Waals surface area contributed by atoms with Gasteiger partial charge < -0.3 is 10.6 Å². The summed E-state index contributed by atoms with van der Waals surface area (Å²) in [4.78, 5) is 11.7. The van der Waals surface area contributed by atoms with Gasteiger partial charge in [0.25, 0.3) is 0 Å². The Morgan fingerprint density at radius 1 is 1.15 bits per heavy atom. The number of amides is 2. The zero-order chi connectivity index (χ0) is 19.4. The molecule has 142 valence electrons. The number of fused-ring (bicyclic) bond motifs is 1. The van der Waals surface area contributed by atoms with Crippen LogP contribution in [0.1, 0.15) is 0 Å². The first-order valence-corrected chi connectivity index (χ1v) is 9.42. The third-order valence-corrected chi connectivity index (χ3v) is 4.82. The Kier molecular flexibility index (Phi) is 5.21. The predicted octanol–water partition coefficient (Wildman–Crippen LogP) is 2.18. The van der Waals surface area contributed by atoms with E-state index in [9.17, 15) is 22.0 Å². The van der Waals surface area contributed by atoms with Crippen LogP contribution in [-0.2, 0) is 10.0 Å². The molecule has 0 aliphatic heterocycles. The van der Waals surface area contributed by atoms with E-state index < -0.39 is 39.1 Å². The molecule has 8 nitrogen and oxygen atoms in total. The number of anilines is 2. The van der Waals surface area contributed by atoms with E-state index in [0.717, 1.165) is 18.2 Å². The van der Waals surface area contributed by atoms with Gasteiger partial charge in [0.15, 0.2) is 0 Å². The monoisotopic (exact) mass is 395 g/mol. The molecule has 1 aromatic carbocycles. The van der Waals surface area contributed by atoms with Crippen molar-refractivity contribution >= 4 is 32.9 Å². The van der Waals surface area contributed by atoms with Crippen molar-refractivity contribution in [3.05, 3.63) is 60.4 Å². The summed E-state index contributed by atoms with van der Waals surface area (Å²) in [6.07, 6.45) is 3.18. The number of para-hydroxylation sites is 1. The minimum atomic E-state index is -3.74. The highest BCUT2D eigenvalue weighted by atomic mass is 32.2. The number of aromatic nitrogens is 2. The standard InChI is InChI=1S/C16H15F2N5O3S/c17-13-2-1-3-14(18)15(13)21-16(24)19-7-9-27(25,26)22-11-5-8-23-12(10-11)4-6-20-23/h1-6,8,10,22H,7,9H2,(H2,19,21,24). The average Bonchev–Trinajstić information content (AvgIpc) is 3.05. The molecular formula is C16H15F2N5O3S.